The van der Waals surface area contributed by atoms with Crippen molar-refractivity contribution in [2.24, 2.45) is 0 Å². The predicted molar refractivity (Wildman–Crippen MR) is 155 cm³/mol. The molecule has 206 valence electrons. The first kappa shape index (κ1) is 28.4. The first-order valence-electron chi connectivity index (χ1n) is 13.3. The molecule has 0 radical (unpaired) electrons. The van der Waals surface area contributed by atoms with E-state index < -0.39 is 12.0 Å². The third-order valence-electron chi connectivity index (χ3n) is 6.83. The van der Waals surface area contributed by atoms with Gasteiger partial charge in [-0.25, -0.2) is 4.79 Å². The highest BCUT2D eigenvalue weighted by Gasteiger charge is 2.24. The molecular formula is C32H38N2O5. The molecule has 0 saturated carbocycles. The highest BCUT2D eigenvalue weighted by molar-refractivity contribution is 6.01. The Morgan fingerprint density at radius 3 is 2.08 bits per heavy atom. The summed E-state index contributed by atoms with van der Waals surface area (Å²) in [6.07, 6.45) is 0.0254. The van der Waals surface area contributed by atoms with E-state index in [2.05, 4.69) is 50.4 Å². The number of carbonyl (C=O) groups is 1. The van der Waals surface area contributed by atoms with E-state index in [9.17, 15) is 20.1 Å². The van der Waals surface area contributed by atoms with E-state index in [1.165, 1.54) is 5.56 Å². The number of hydrogen-bond donors (Lipinski definition) is 4. The number of benzene rings is 3. The summed E-state index contributed by atoms with van der Waals surface area (Å²) < 4.78 is 7.52. The second kappa shape index (κ2) is 11.6. The molecule has 1 aromatic heterocycles. The lowest BCUT2D eigenvalue weighted by Gasteiger charge is -2.19. The Bertz CT molecular complexity index is 1430. The molecule has 0 saturated heterocycles. The van der Waals surface area contributed by atoms with Gasteiger partial charge in [0.15, 0.2) is 0 Å². The Kier molecular flexibility index (Phi) is 8.45. The number of nitrogens with zero attached hydrogens (tertiary/aromatic N) is 1. The third-order valence-corrected chi connectivity index (χ3v) is 6.83. The van der Waals surface area contributed by atoms with E-state index >= 15 is 0 Å². The standard InChI is InChI=1S/C32H38N2O5/c1-20(2)39-26-13-11-25(12-14-26)34-29-15-8-22(21-6-9-23(10-7-21)32(3,4)5)16-27(29)28(30(34)31(37)38)17-33-24(18-35)19-36/h6-16,20,24,33,35-36H,17-19H2,1-5H3,(H,37,38). The Balaban J connectivity index is 1.88. The van der Waals surface area contributed by atoms with Crippen LogP contribution in [0, 0.1) is 0 Å². The minimum atomic E-state index is -1.06. The first-order chi connectivity index (χ1) is 18.5. The number of aromatic nitrogens is 1. The van der Waals surface area contributed by atoms with Crippen LogP contribution in [0.2, 0.25) is 0 Å². The fourth-order valence-corrected chi connectivity index (χ4v) is 4.75. The molecule has 4 rings (SSSR count). The maximum atomic E-state index is 12.7. The van der Waals surface area contributed by atoms with Crippen molar-refractivity contribution in [2.45, 2.75) is 58.7 Å². The van der Waals surface area contributed by atoms with Gasteiger partial charge in [0.05, 0.1) is 30.9 Å². The van der Waals surface area contributed by atoms with Crippen molar-refractivity contribution in [1.29, 1.82) is 0 Å². The minimum absolute atomic E-state index is 0.0254. The van der Waals surface area contributed by atoms with Gasteiger partial charge in [-0.3, -0.25) is 0 Å². The molecule has 0 bridgehead atoms. The average molecular weight is 531 g/mol. The molecule has 4 N–H and O–H groups in total. The number of rotatable bonds is 10. The largest absolute Gasteiger partial charge is 0.491 e. The monoisotopic (exact) mass is 530 g/mol. The Morgan fingerprint density at radius 1 is 0.923 bits per heavy atom. The van der Waals surface area contributed by atoms with E-state index in [0.29, 0.717) is 17.0 Å². The van der Waals surface area contributed by atoms with Crippen LogP contribution in [-0.4, -0.2) is 51.2 Å². The van der Waals surface area contributed by atoms with Crippen molar-refractivity contribution < 1.29 is 24.9 Å². The van der Waals surface area contributed by atoms with Crippen molar-refractivity contribution in [2.75, 3.05) is 13.2 Å². The topological polar surface area (TPSA) is 104 Å². The normalized spacial score (nSPS) is 12.0. The van der Waals surface area contributed by atoms with Gasteiger partial charge in [-0.05, 0) is 72.4 Å². The summed E-state index contributed by atoms with van der Waals surface area (Å²) in [7, 11) is 0. The fourth-order valence-electron chi connectivity index (χ4n) is 4.75. The van der Waals surface area contributed by atoms with Crippen LogP contribution in [0.1, 0.15) is 56.2 Å². The van der Waals surface area contributed by atoms with Gasteiger partial charge >= 0.3 is 5.97 Å². The van der Waals surface area contributed by atoms with Gasteiger partial charge in [0.25, 0.3) is 0 Å². The molecule has 1 heterocycles. The van der Waals surface area contributed by atoms with Gasteiger partial charge < -0.3 is 29.9 Å². The summed E-state index contributed by atoms with van der Waals surface area (Å²) in [6, 6.07) is 21.2. The van der Waals surface area contributed by atoms with Gasteiger partial charge in [-0.2, -0.15) is 0 Å². The van der Waals surface area contributed by atoms with Crippen molar-refractivity contribution in [3.63, 3.8) is 0 Å². The third kappa shape index (κ3) is 6.17. The maximum absolute atomic E-state index is 12.7. The highest BCUT2D eigenvalue weighted by atomic mass is 16.5. The van der Waals surface area contributed by atoms with Gasteiger partial charge in [-0.1, -0.05) is 51.1 Å². The first-order valence-corrected chi connectivity index (χ1v) is 13.3. The molecule has 7 heteroatoms. The Hall–Kier alpha value is -3.65. The fraction of sp³-hybridized carbons (Fsp3) is 0.344. The summed E-state index contributed by atoms with van der Waals surface area (Å²) >= 11 is 0. The number of nitrogens with one attached hydrogen (secondary N) is 1. The molecule has 4 aromatic rings. The van der Waals surface area contributed by atoms with Crippen LogP contribution in [0.15, 0.2) is 66.7 Å². The molecule has 0 atom stereocenters. The molecule has 39 heavy (non-hydrogen) atoms. The quantitative estimate of drug-likeness (QED) is 0.215. The zero-order chi connectivity index (χ0) is 28.3. The van der Waals surface area contributed by atoms with E-state index in [1.54, 1.807) is 4.57 Å². The van der Waals surface area contributed by atoms with Crippen LogP contribution in [0.3, 0.4) is 0 Å². The number of aliphatic hydroxyl groups is 2. The van der Waals surface area contributed by atoms with Crippen LogP contribution in [-0.2, 0) is 12.0 Å². The lowest BCUT2D eigenvalue weighted by Crippen LogP contribution is -2.35. The number of fused-ring (bicyclic) bond motifs is 1. The van der Waals surface area contributed by atoms with Gasteiger partial charge in [0, 0.05) is 23.2 Å². The predicted octanol–water partition coefficient (Wildman–Crippen LogP) is 5.52. The van der Waals surface area contributed by atoms with Crippen LogP contribution in [0.5, 0.6) is 5.75 Å². The summed E-state index contributed by atoms with van der Waals surface area (Å²) in [6.45, 7) is 10.1. The molecule has 0 amide bonds. The molecule has 0 fully saturated rings. The molecule has 0 unspecified atom stereocenters. The van der Waals surface area contributed by atoms with Crippen molar-refractivity contribution in [3.8, 4) is 22.6 Å². The maximum Gasteiger partial charge on any atom is 0.353 e. The Labute approximate surface area is 229 Å². The summed E-state index contributed by atoms with van der Waals surface area (Å²) in [5.41, 5.74) is 5.45. The van der Waals surface area contributed by atoms with Crippen LogP contribution in [0.4, 0.5) is 0 Å². The summed E-state index contributed by atoms with van der Waals surface area (Å²) in [5, 5.41) is 33.4. The molecule has 3 aromatic carbocycles. The molecule has 0 aliphatic heterocycles. The number of hydrogen-bond acceptors (Lipinski definition) is 5. The van der Waals surface area contributed by atoms with Crippen LogP contribution >= 0.6 is 0 Å². The van der Waals surface area contributed by atoms with Gasteiger partial charge in [0.1, 0.15) is 11.4 Å². The van der Waals surface area contributed by atoms with Crippen LogP contribution in [0.25, 0.3) is 27.7 Å². The number of aromatic carboxylic acids is 1. The molecular weight excluding hydrogens is 492 g/mol. The molecule has 0 spiro atoms. The number of aliphatic hydroxyl groups excluding tert-OH is 2. The highest BCUT2D eigenvalue weighted by Crippen LogP contribution is 2.35. The van der Waals surface area contributed by atoms with Crippen molar-refractivity contribution in [1.82, 2.24) is 9.88 Å². The summed E-state index contributed by atoms with van der Waals surface area (Å²) in [4.78, 5) is 12.7. The van der Waals surface area contributed by atoms with Gasteiger partial charge in [0.2, 0.25) is 0 Å². The molecule has 0 aliphatic rings. The van der Waals surface area contributed by atoms with Crippen LogP contribution < -0.4 is 10.1 Å². The summed E-state index contributed by atoms with van der Waals surface area (Å²) in [5.74, 6) is -0.357. The molecule has 7 nitrogen and oxygen atoms in total. The van der Waals surface area contributed by atoms with Crippen molar-refractivity contribution >= 4 is 16.9 Å². The zero-order valence-corrected chi connectivity index (χ0v) is 23.2. The van der Waals surface area contributed by atoms with E-state index in [-0.39, 0.29) is 37.0 Å². The van der Waals surface area contributed by atoms with E-state index in [0.717, 1.165) is 22.0 Å². The molecule has 0 aliphatic carbocycles. The van der Waals surface area contributed by atoms with E-state index in [4.69, 9.17) is 4.74 Å². The lowest BCUT2D eigenvalue weighted by molar-refractivity contribution is 0.0687. The average Bonchev–Trinajstić information content (AvgIpc) is 3.23. The van der Waals surface area contributed by atoms with Crippen molar-refractivity contribution in [3.05, 3.63) is 83.6 Å². The SMILES string of the molecule is CC(C)Oc1ccc(-n2c(C(=O)O)c(CNC(CO)CO)c3cc(-c4ccc(C(C)(C)C)cc4)ccc32)cc1. The zero-order valence-electron chi connectivity index (χ0n) is 23.2. The van der Waals surface area contributed by atoms with Gasteiger partial charge in [-0.15, -0.1) is 0 Å². The second-order valence-electron chi connectivity index (χ2n) is 11.1. The lowest BCUT2D eigenvalue weighted by atomic mass is 9.86. The number of carboxylic acids is 1. The number of ether oxygens (including phenoxy) is 1. The smallest absolute Gasteiger partial charge is 0.353 e. The number of carboxylic acid groups (broad SMARTS) is 1. The second-order valence-corrected chi connectivity index (χ2v) is 11.1. The minimum Gasteiger partial charge on any atom is -0.491 e. The Morgan fingerprint density at radius 2 is 1.54 bits per heavy atom. The van der Waals surface area contributed by atoms with E-state index in [1.807, 2.05) is 56.3 Å².